The third-order valence-electron chi connectivity index (χ3n) is 4.82. The first-order chi connectivity index (χ1) is 13.6. The number of benzene rings is 2. The van der Waals surface area contributed by atoms with E-state index in [2.05, 4.69) is 12.2 Å². The molecule has 3 N–H and O–H groups in total. The Kier molecular flexibility index (Phi) is 6.31. The Labute approximate surface area is 165 Å². The highest BCUT2D eigenvalue weighted by molar-refractivity contribution is 5.83. The number of hydrogen-bond donors (Lipinski definition) is 3. The van der Waals surface area contributed by atoms with Crippen molar-refractivity contribution >= 4 is 11.4 Å². The van der Waals surface area contributed by atoms with E-state index in [1.807, 2.05) is 0 Å². The Morgan fingerprint density at radius 2 is 1.64 bits per heavy atom. The molecule has 0 aromatic heterocycles. The number of methoxy groups -OCH3 is 2. The fraction of sp³-hybridized carbons (Fsp3) is 0.364. The molecular formula is C22H27NO5. The monoisotopic (exact) mass is 385 g/mol. The zero-order valence-corrected chi connectivity index (χ0v) is 16.5. The van der Waals surface area contributed by atoms with Crippen molar-refractivity contribution in [1.29, 1.82) is 0 Å². The van der Waals surface area contributed by atoms with E-state index < -0.39 is 6.23 Å². The summed E-state index contributed by atoms with van der Waals surface area (Å²) in [4.78, 5) is 0. The van der Waals surface area contributed by atoms with E-state index in [9.17, 15) is 10.2 Å². The standard InChI is InChI=1S/C22H27NO5/c1-4-5-6-7-17-21(24)18-12-16(27-3)13-19(20(18)23-22(17)25)28-15-10-8-14(26-2)9-11-15/h8-13,22-25H,4-7H2,1-3H3. The fourth-order valence-electron chi connectivity index (χ4n) is 3.24. The van der Waals surface area contributed by atoms with Gasteiger partial charge in [0.25, 0.3) is 0 Å². The van der Waals surface area contributed by atoms with Gasteiger partial charge in [-0.15, -0.1) is 0 Å². The van der Waals surface area contributed by atoms with Crippen LogP contribution in [0, 0.1) is 0 Å². The first kappa shape index (κ1) is 19.9. The number of rotatable bonds is 8. The Balaban J connectivity index is 1.97. The fourth-order valence-corrected chi connectivity index (χ4v) is 3.24. The van der Waals surface area contributed by atoms with Crippen molar-refractivity contribution in [3.8, 4) is 23.0 Å². The van der Waals surface area contributed by atoms with E-state index >= 15 is 0 Å². The molecular weight excluding hydrogens is 358 g/mol. The normalized spacial score (nSPS) is 15.6. The summed E-state index contributed by atoms with van der Waals surface area (Å²) in [5.41, 5.74) is 1.67. The van der Waals surface area contributed by atoms with Gasteiger partial charge < -0.3 is 29.7 Å². The van der Waals surface area contributed by atoms with Gasteiger partial charge in [-0.05, 0) is 43.2 Å². The van der Waals surface area contributed by atoms with Gasteiger partial charge in [0.15, 0.2) is 12.0 Å². The Hall–Kier alpha value is -2.86. The topological polar surface area (TPSA) is 80.2 Å². The number of anilines is 1. The summed E-state index contributed by atoms with van der Waals surface area (Å²) in [5, 5.41) is 24.4. The van der Waals surface area contributed by atoms with E-state index in [0.717, 1.165) is 25.0 Å². The lowest BCUT2D eigenvalue weighted by Gasteiger charge is -2.28. The smallest absolute Gasteiger partial charge is 0.155 e. The molecule has 0 radical (unpaired) electrons. The van der Waals surface area contributed by atoms with Crippen LogP contribution in [0.1, 0.15) is 38.2 Å². The maximum Gasteiger partial charge on any atom is 0.155 e. The molecule has 0 fully saturated rings. The summed E-state index contributed by atoms with van der Waals surface area (Å²) in [5.74, 6) is 2.42. The molecule has 1 aliphatic rings. The average molecular weight is 385 g/mol. The molecule has 28 heavy (non-hydrogen) atoms. The summed E-state index contributed by atoms with van der Waals surface area (Å²) in [6, 6.07) is 10.6. The van der Waals surface area contributed by atoms with Crippen molar-refractivity contribution in [2.24, 2.45) is 0 Å². The first-order valence-electron chi connectivity index (χ1n) is 9.48. The van der Waals surface area contributed by atoms with Crippen LogP contribution in [-0.2, 0) is 0 Å². The van der Waals surface area contributed by atoms with E-state index in [-0.39, 0.29) is 5.76 Å². The minimum absolute atomic E-state index is 0.0795. The van der Waals surface area contributed by atoms with Crippen LogP contribution in [0.4, 0.5) is 5.69 Å². The lowest BCUT2D eigenvalue weighted by Crippen LogP contribution is -2.27. The van der Waals surface area contributed by atoms with Crippen LogP contribution in [0.15, 0.2) is 42.0 Å². The molecule has 0 aliphatic carbocycles. The predicted molar refractivity (Wildman–Crippen MR) is 109 cm³/mol. The SMILES string of the molecule is CCCCCC1=C(O)c2cc(OC)cc(Oc3ccc(OC)cc3)c2NC1O. The number of unbranched alkanes of at least 4 members (excludes halogenated alkanes) is 2. The molecule has 6 heteroatoms. The Morgan fingerprint density at radius 3 is 2.29 bits per heavy atom. The maximum atomic E-state index is 10.8. The van der Waals surface area contributed by atoms with Gasteiger partial charge in [-0.3, -0.25) is 0 Å². The van der Waals surface area contributed by atoms with Gasteiger partial charge in [0.2, 0.25) is 0 Å². The largest absolute Gasteiger partial charge is 0.507 e. The molecule has 1 aliphatic heterocycles. The predicted octanol–water partition coefficient (Wildman–Crippen LogP) is 5.09. The highest BCUT2D eigenvalue weighted by Gasteiger charge is 2.28. The van der Waals surface area contributed by atoms with Gasteiger partial charge in [0.1, 0.15) is 23.0 Å². The molecule has 2 aromatic rings. The molecule has 1 unspecified atom stereocenters. The van der Waals surface area contributed by atoms with E-state index in [1.54, 1.807) is 50.6 Å². The number of aliphatic hydroxyl groups excluding tert-OH is 2. The van der Waals surface area contributed by atoms with E-state index in [4.69, 9.17) is 14.2 Å². The van der Waals surface area contributed by atoms with Crippen LogP contribution in [0.2, 0.25) is 0 Å². The molecule has 1 atom stereocenters. The molecule has 0 spiro atoms. The van der Waals surface area contributed by atoms with Gasteiger partial charge in [-0.2, -0.15) is 0 Å². The molecule has 1 heterocycles. The minimum Gasteiger partial charge on any atom is -0.507 e. The van der Waals surface area contributed by atoms with Crippen LogP contribution in [-0.4, -0.2) is 30.7 Å². The number of hydrogen-bond acceptors (Lipinski definition) is 6. The number of nitrogens with one attached hydrogen (secondary N) is 1. The molecule has 0 amide bonds. The van der Waals surface area contributed by atoms with Gasteiger partial charge in [0.05, 0.1) is 19.9 Å². The summed E-state index contributed by atoms with van der Waals surface area (Å²) < 4.78 is 16.6. The van der Waals surface area contributed by atoms with Crippen molar-refractivity contribution in [3.05, 3.63) is 47.5 Å². The van der Waals surface area contributed by atoms with Crippen molar-refractivity contribution in [1.82, 2.24) is 0 Å². The third kappa shape index (κ3) is 4.17. The second-order valence-corrected chi connectivity index (χ2v) is 6.70. The summed E-state index contributed by atoms with van der Waals surface area (Å²) in [7, 11) is 3.17. The molecule has 6 nitrogen and oxygen atoms in total. The average Bonchev–Trinajstić information content (AvgIpc) is 2.71. The van der Waals surface area contributed by atoms with Crippen molar-refractivity contribution < 1.29 is 24.4 Å². The Bertz CT molecular complexity index is 845. The Morgan fingerprint density at radius 1 is 0.964 bits per heavy atom. The second kappa shape index (κ2) is 8.89. The van der Waals surface area contributed by atoms with Gasteiger partial charge in [0, 0.05) is 17.2 Å². The number of aliphatic hydroxyl groups is 2. The summed E-state index contributed by atoms with van der Waals surface area (Å²) in [6.45, 7) is 2.12. The lowest BCUT2D eigenvalue weighted by atomic mass is 9.96. The van der Waals surface area contributed by atoms with Crippen molar-refractivity contribution in [2.75, 3.05) is 19.5 Å². The van der Waals surface area contributed by atoms with Crippen LogP contribution in [0.25, 0.3) is 5.76 Å². The highest BCUT2D eigenvalue weighted by atomic mass is 16.5. The van der Waals surface area contributed by atoms with Crippen LogP contribution in [0.3, 0.4) is 0 Å². The van der Waals surface area contributed by atoms with Gasteiger partial charge in [-0.25, -0.2) is 0 Å². The molecule has 0 saturated carbocycles. The first-order valence-corrected chi connectivity index (χ1v) is 9.48. The second-order valence-electron chi connectivity index (χ2n) is 6.70. The maximum absolute atomic E-state index is 10.8. The number of ether oxygens (including phenoxy) is 3. The highest BCUT2D eigenvalue weighted by Crippen LogP contribution is 2.44. The molecule has 150 valence electrons. The van der Waals surface area contributed by atoms with Crippen LogP contribution in [0.5, 0.6) is 23.0 Å². The molecule has 0 bridgehead atoms. The van der Waals surface area contributed by atoms with Gasteiger partial charge in [-0.1, -0.05) is 19.8 Å². The van der Waals surface area contributed by atoms with E-state index in [0.29, 0.717) is 40.5 Å². The lowest BCUT2D eigenvalue weighted by molar-refractivity contribution is 0.229. The van der Waals surface area contributed by atoms with Gasteiger partial charge >= 0.3 is 0 Å². The van der Waals surface area contributed by atoms with Crippen LogP contribution < -0.4 is 19.5 Å². The zero-order chi connectivity index (χ0) is 20.1. The summed E-state index contributed by atoms with van der Waals surface area (Å²) >= 11 is 0. The van der Waals surface area contributed by atoms with Crippen LogP contribution >= 0.6 is 0 Å². The third-order valence-corrected chi connectivity index (χ3v) is 4.82. The van der Waals surface area contributed by atoms with Crippen molar-refractivity contribution in [3.63, 3.8) is 0 Å². The van der Waals surface area contributed by atoms with E-state index in [1.165, 1.54) is 0 Å². The minimum atomic E-state index is -0.962. The summed E-state index contributed by atoms with van der Waals surface area (Å²) in [6.07, 6.45) is 2.68. The quantitative estimate of drug-likeness (QED) is 0.549. The number of fused-ring (bicyclic) bond motifs is 1. The van der Waals surface area contributed by atoms with Crippen molar-refractivity contribution in [2.45, 2.75) is 38.8 Å². The molecule has 0 saturated heterocycles. The zero-order valence-electron chi connectivity index (χ0n) is 16.5. The molecule has 3 rings (SSSR count). The molecule has 2 aromatic carbocycles.